The molecule has 0 radical (unpaired) electrons. The second kappa shape index (κ2) is 21.3. The van der Waals surface area contributed by atoms with Gasteiger partial charge < -0.3 is 44.5 Å². The molecule has 3 aromatic carbocycles. The topological polar surface area (TPSA) is 145 Å². The number of amides is 2. The molecule has 4 N–H and O–H groups in total. The number of fused-ring (bicyclic) bond motifs is 1. The van der Waals surface area contributed by atoms with Crippen LogP contribution in [-0.2, 0) is 47.7 Å². The lowest BCUT2D eigenvalue weighted by Gasteiger charge is -2.28. The highest BCUT2D eigenvalue weighted by Crippen LogP contribution is 2.32. The highest BCUT2D eigenvalue weighted by atomic mass is 16.6. The molecule has 4 rings (SSSR count). The first-order valence-electron chi connectivity index (χ1n) is 16.9. The van der Waals surface area contributed by atoms with Gasteiger partial charge in [-0.1, -0.05) is 84.9 Å². The normalized spacial score (nSPS) is 17.1. The van der Waals surface area contributed by atoms with Crippen LogP contribution in [0.1, 0.15) is 34.7 Å². The quantitative estimate of drug-likeness (QED) is 0.118. The van der Waals surface area contributed by atoms with Gasteiger partial charge in [-0.05, 0) is 41.5 Å². The van der Waals surface area contributed by atoms with Crippen LogP contribution in [0.3, 0.4) is 0 Å². The first kappa shape index (κ1) is 38.0. The van der Waals surface area contributed by atoms with E-state index in [0.29, 0.717) is 58.9 Å². The minimum Gasteiger partial charge on any atom is -0.447 e. The van der Waals surface area contributed by atoms with Gasteiger partial charge in [-0.2, -0.15) is 0 Å². The van der Waals surface area contributed by atoms with Crippen molar-refractivity contribution in [2.75, 3.05) is 60.0 Å². The summed E-state index contributed by atoms with van der Waals surface area (Å²) in [5.41, 5.74) is 3.75. The number of nitrogens with one attached hydrogen (secondary N) is 2. The first-order valence-corrected chi connectivity index (χ1v) is 16.9. The molecule has 1 aliphatic carbocycles. The zero-order valence-electron chi connectivity index (χ0n) is 28.2. The molecule has 49 heavy (non-hydrogen) atoms. The van der Waals surface area contributed by atoms with E-state index in [1.807, 2.05) is 84.9 Å². The Morgan fingerprint density at radius 2 is 1.31 bits per heavy atom. The number of alkyl carbamates (subject to hydrolysis) is 1. The number of rotatable bonds is 22. The maximum atomic E-state index is 13.9. The molecule has 0 aromatic heterocycles. The van der Waals surface area contributed by atoms with Crippen molar-refractivity contribution in [2.24, 2.45) is 5.92 Å². The lowest BCUT2D eigenvalue weighted by molar-refractivity contribution is -0.127. The second-order valence-electron chi connectivity index (χ2n) is 12.1. The number of carbonyl (C=O) groups is 2. The molecule has 0 spiro atoms. The summed E-state index contributed by atoms with van der Waals surface area (Å²) < 4.78 is 26.5. The fourth-order valence-electron chi connectivity index (χ4n) is 5.88. The van der Waals surface area contributed by atoms with Crippen LogP contribution in [-0.4, -0.2) is 100 Å². The summed E-state index contributed by atoms with van der Waals surface area (Å²) in [4.78, 5) is 26.7. The highest BCUT2D eigenvalue weighted by Gasteiger charge is 2.35. The van der Waals surface area contributed by atoms with Crippen LogP contribution < -0.4 is 10.6 Å². The molecule has 2 amide bonds. The van der Waals surface area contributed by atoms with E-state index in [1.165, 1.54) is 0 Å². The van der Waals surface area contributed by atoms with E-state index in [2.05, 4.69) is 10.6 Å². The Balaban J connectivity index is 1.33. The minimum atomic E-state index is -1.08. The van der Waals surface area contributed by atoms with E-state index in [0.717, 1.165) is 22.3 Å². The Labute approximate surface area is 288 Å². The lowest BCUT2D eigenvalue weighted by Crippen LogP contribution is -2.47. The third-order valence-corrected chi connectivity index (χ3v) is 8.43. The molecule has 0 saturated carbocycles. The number of carbonyl (C=O) groups excluding carboxylic acids is 2. The van der Waals surface area contributed by atoms with E-state index < -0.39 is 36.3 Å². The SMILES string of the molecule is COCCOCCOCCOCCOC(=O)NC(Cc1ccccc1)C(O)CC(Cc1ccccc1)C(=O)N[C@H]1c2ccccc2C[C@@H]1O. The molecule has 3 aromatic rings. The van der Waals surface area contributed by atoms with E-state index in [1.54, 1.807) is 7.11 Å². The molecule has 0 fully saturated rings. The van der Waals surface area contributed by atoms with Gasteiger partial charge in [0.1, 0.15) is 6.61 Å². The number of ether oxygens (including phenoxy) is 5. The highest BCUT2D eigenvalue weighted by molar-refractivity contribution is 5.80. The van der Waals surface area contributed by atoms with E-state index in [9.17, 15) is 19.8 Å². The van der Waals surface area contributed by atoms with E-state index >= 15 is 0 Å². The predicted molar refractivity (Wildman–Crippen MR) is 184 cm³/mol. The monoisotopic (exact) mass is 678 g/mol. The van der Waals surface area contributed by atoms with E-state index in [4.69, 9.17) is 23.7 Å². The molecular weight excluding hydrogens is 628 g/mol. The molecule has 11 nitrogen and oxygen atoms in total. The van der Waals surface area contributed by atoms with Crippen molar-refractivity contribution in [3.05, 3.63) is 107 Å². The van der Waals surface area contributed by atoms with Crippen LogP contribution in [0.5, 0.6) is 0 Å². The molecule has 0 heterocycles. The average molecular weight is 679 g/mol. The summed E-state index contributed by atoms with van der Waals surface area (Å²) in [7, 11) is 1.62. The largest absolute Gasteiger partial charge is 0.447 e. The zero-order valence-corrected chi connectivity index (χ0v) is 28.2. The number of hydrogen-bond acceptors (Lipinski definition) is 9. The third-order valence-electron chi connectivity index (χ3n) is 8.43. The summed E-state index contributed by atoms with van der Waals surface area (Å²) in [6, 6.07) is 25.5. The van der Waals surface area contributed by atoms with Crippen molar-refractivity contribution in [3.8, 4) is 0 Å². The summed E-state index contributed by atoms with van der Waals surface area (Å²) in [6.45, 7) is 2.90. The molecule has 0 saturated heterocycles. The van der Waals surface area contributed by atoms with Gasteiger partial charge in [0.25, 0.3) is 0 Å². The summed E-state index contributed by atoms with van der Waals surface area (Å²) in [5.74, 6) is -0.912. The van der Waals surface area contributed by atoms with Crippen molar-refractivity contribution < 1.29 is 43.5 Å². The summed E-state index contributed by atoms with van der Waals surface area (Å²) in [6.07, 6.45) is -1.28. The number of aliphatic hydroxyl groups excluding tert-OH is 2. The maximum absolute atomic E-state index is 13.9. The Bertz CT molecular complexity index is 1380. The zero-order chi connectivity index (χ0) is 34.7. The molecule has 5 atom stereocenters. The second-order valence-corrected chi connectivity index (χ2v) is 12.1. The Morgan fingerprint density at radius 1 is 0.755 bits per heavy atom. The van der Waals surface area contributed by atoms with Gasteiger partial charge in [0.15, 0.2) is 0 Å². The molecule has 0 bridgehead atoms. The van der Waals surface area contributed by atoms with Crippen molar-refractivity contribution in [3.63, 3.8) is 0 Å². The third kappa shape index (κ3) is 13.2. The fraction of sp³-hybridized carbons (Fsp3) is 0.474. The van der Waals surface area contributed by atoms with Crippen molar-refractivity contribution in [2.45, 2.75) is 50.0 Å². The van der Waals surface area contributed by atoms with Crippen molar-refractivity contribution in [1.82, 2.24) is 10.6 Å². The Kier molecular flexibility index (Phi) is 16.5. The number of aliphatic hydroxyl groups is 2. The van der Waals surface area contributed by atoms with Gasteiger partial charge in [-0.3, -0.25) is 4.79 Å². The smallest absolute Gasteiger partial charge is 0.407 e. The van der Waals surface area contributed by atoms with Crippen molar-refractivity contribution >= 4 is 12.0 Å². The van der Waals surface area contributed by atoms with Gasteiger partial charge in [0.05, 0.1) is 70.5 Å². The summed E-state index contributed by atoms with van der Waals surface area (Å²) >= 11 is 0. The van der Waals surface area contributed by atoms with Gasteiger partial charge in [-0.25, -0.2) is 4.79 Å². The van der Waals surface area contributed by atoms with Crippen LogP contribution in [0.2, 0.25) is 0 Å². The number of methoxy groups -OCH3 is 1. The van der Waals surface area contributed by atoms with Crippen LogP contribution in [0, 0.1) is 5.92 Å². The van der Waals surface area contributed by atoms with Crippen LogP contribution in [0.4, 0.5) is 4.79 Å². The predicted octanol–water partition coefficient (Wildman–Crippen LogP) is 3.40. The van der Waals surface area contributed by atoms with Gasteiger partial charge >= 0.3 is 6.09 Å². The van der Waals surface area contributed by atoms with E-state index in [-0.39, 0.29) is 25.5 Å². The van der Waals surface area contributed by atoms with Gasteiger partial charge in [0, 0.05) is 19.4 Å². The maximum Gasteiger partial charge on any atom is 0.407 e. The standard InChI is InChI=1S/C38H50N2O9/c1-45-16-17-46-18-19-47-20-21-48-22-23-49-38(44)39-33(25-29-12-6-3-7-13-29)34(41)27-31(24-28-10-4-2-5-11-28)37(43)40-36-32-15-9-8-14-30(32)26-35(36)42/h2-15,31,33-36,41-42H,16-27H2,1H3,(H,39,44)(H,40,43)/t31?,33?,34?,35-,36-/m0/s1. The van der Waals surface area contributed by atoms with Gasteiger partial charge in [-0.15, -0.1) is 0 Å². The van der Waals surface area contributed by atoms with Crippen LogP contribution in [0.25, 0.3) is 0 Å². The molecule has 0 aliphatic heterocycles. The average Bonchev–Trinajstić information content (AvgIpc) is 3.43. The molecule has 3 unspecified atom stereocenters. The number of hydrogen-bond donors (Lipinski definition) is 4. The number of benzene rings is 3. The van der Waals surface area contributed by atoms with Crippen LogP contribution >= 0.6 is 0 Å². The molecular formula is C38H50N2O9. The van der Waals surface area contributed by atoms with Crippen LogP contribution in [0.15, 0.2) is 84.9 Å². The van der Waals surface area contributed by atoms with Crippen molar-refractivity contribution in [1.29, 1.82) is 0 Å². The lowest BCUT2D eigenvalue weighted by atomic mass is 9.88. The first-order chi connectivity index (χ1) is 23.9. The molecule has 1 aliphatic rings. The minimum absolute atomic E-state index is 0.0182. The Hall–Kier alpha value is -3.84. The van der Waals surface area contributed by atoms with Gasteiger partial charge in [0.2, 0.25) is 5.91 Å². The Morgan fingerprint density at radius 3 is 1.94 bits per heavy atom. The molecule has 11 heteroatoms. The summed E-state index contributed by atoms with van der Waals surface area (Å²) in [5, 5.41) is 28.3. The fourth-order valence-corrected chi connectivity index (χ4v) is 5.88. The molecule has 266 valence electrons.